The number of nitrogens with one attached hydrogen (secondary N) is 1. The van der Waals surface area contributed by atoms with E-state index >= 15 is 0 Å². The molecule has 53 valence electrons. The van der Waals surface area contributed by atoms with Gasteiger partial charge in [0.2, 0.25) is 0 Å². The van der Waals surface area contributed by atoms with Crippen molar-refractivity contribution in [2.45, 2.75) is 32.2 Å². The van der Waals surface area contributed by atoms with Crippen LogP contribution >= 0.6 is 0 Å². The lowest BCUT2D eigenvalue weighted by atomic mass is 9.93. The second-order valence-corrected chi connectivity index (χ2v) is 3.07. The zero-order chi connectivity index (χ0) is 6.69. The van der Waals surface area contributed by atoms with Crippen molar-refractivity contribution in [1.82, 2.24) is 5.32 Å². The van der Waals surface area contributed by atoms with Crippen LogP contribution in [0.5, 0.6) is 0 Å². The zero-order valence-electron chi connectivity index (χ0n) is 6.19. The molecule has 0 aromatic rings. The first-order valence-electron chi connectivity index (χ1n) is 3.85. The predicted molar refractivity (Wildman–Crippen MR) is 40.2 cm³/mol. The molecule has 0 spiro atoms. The smallest absolute Gasteiger partial charge is 0.00696 e. The second-order valence-electron chi connectivity index (χ2n) is 3.07. The molecule has 1 heteroatoms. The molecule has 0 amide bonds. The monoisotopic (exact) mass is 126 g/mol. The minimum Gasteiger partial charge on any atom is -0.314 e. The van der Waals surface area contributed by atoms with Gasteiger partial charge in [0.05, 0.1) is 0 Å². The molecule has 1 N–H and O–H groups in total. The summed E-state index contributed by atoms with van der Waals surface area (Å²) >= 11 is 0. The van der Waals surface area contributed by atoms with E-state index in [9.17, 15) is 0 Å². The molecule has 1 rings (SSSR count). The molecular weight excluding hydrogens is 110 g/mol. The third-order valence-electron chi connectivity index (χ3n) is 2.11. The number of piperidine rings is 1. The molecule has 1 heterocycles. The maximum Gasteiger partial charge on any atom is 0.00696 e. The Bertz CT molecular complexity index is 80.6. The summed E-state index contributed by atoms with van der Waals surface area (Å²) in [5, 5.41) is 3.44. The van der Waals surface area contributed by atoms with Crippen molar-refractivity contribution in [3.05, 3.63) is 6.92 Å². The molecule has 1 nitrogen and oxygen atoms in total. The van der Waals surface area contributed by atoms with Crippen molar-refractivity contribution in [2.75, 3.05) is 6.54 Å². The third-order valence-corrected chi connectivity index (χ3v) is 2.11. The average Bonchev–Trinajstić information content (AvgIpc) is 1.88. The molecular formula is C8H16N. The lowest BCUT2D eigenvalue weighted by molar-refractivity contribution is 0.321. The standard InChI is InChI=1S/C8H16N/c1-3-8-6-7(2)4-5-9-8/h7-9H,1,3-6H2,2H3/t7-,8-/m1/s1. The van der Waals surface area contributed by atoms with E-state index in [0.717, 1.165) is 12.3 Å². The maximum atomic E-state index is 3.88. The topological polar surface area (TPSA) is 12.0 Å². The molecule has 1 aliphatic rings. The van der Waals surface area contributed by atoms with Gasteiger partial charge in [-0.2, -0.15) is 0 Å². The summed E-state index contributed by atoms with van der Waals surface area (Å²) in [5.41, 5.74) is 0. The molecule has 1 radical (unpaired) electrons. The van der Waals surface area contributed by atoms with E-state index in [4.69, 9.17) is 0 Å². The van der Waals surface area contributed by atoms with Gasteiger partial charge in [-0.1, -0.05) is 13.8 Å². The van der Waals surface area contributed by atoms with E-state index in [0.29, 0.717) is 6.04 Å². The molecule has 9 heavy (non-hydrogen) atoms. The Labute approximate surface area is 57.8 Å². The lowest BCUT2D eigenvalue weighted by Crippen LogP contribution is -2.36. The van der Waals surface area contributed by atoms with Crippen molar-refractivity contribution >= 4 is 0 Å². The van der Waals surface area contributed by atoms with E-state index in [-0.39, 0.29) is 0 Å². The lowest BCUT2D eigenvalue weighted by Gasteiger charge is -2.26. The van der Waals surface area contributed by atoms with Crippen LogP contribution < -0.4 is 5.32 Å². The van der Waals surface area contributed by atoms with Crippen LogP contribution in [0.1, 0.15) is 26.2 Å². The van der Waals surface area contributed by atoms with Crippen LogP contribution in [0.4, 0.5) is 0 Å². The Morgan fingerprint density at radius 1 is 1.67 bits per heavy atom. The molecule has 1 aliphatic heterocycles. The van der Waals surface area contributed by atoms with E-state index < -0.39 is 0 Å². The highest BCUT2D eigenvalue weighted by Crippen LogP contribution is 2.16. The molecule has 1 fully saturated rings. The van der Waals surface area contributed by atoms with Crippen molar-refractivity contribution in [1.29, 1.82) is 0 Å². The fourth-order valence-electron chi connectivity index (χ4n) is 1.44. The Hall–Kier alpha value is -0.0400. The van der Waals surface area contributed by atoms with Crippen molar-refractivity contribution < 1.29 is 0 Å². The largest absolute Gasteiger partial charge is 0.314 e. The van der Waals surface area contributed by atoms with E-state index in [1.165, 1.54) is 19.4 Å². The molecule has 2 atom stereocenters. The van der Waals surface area contributed by atoms with E-state index in [1.54, 1.807) is 0 Å². The van der Waals surface area contributed by atoms with E-state index in [2.05, 4.69) is 19.2 Å². The van der Waals surface area contributed by atoms with Gasteiger partial charge in [-0.15, -0.1) is 0 Å². The van der Waals surface area contributed by atoms with Crippen LogP contribution in [0, 0.1) is 12.8 Å². The highest BCUT2D eigenvalue weighted by Gasteiger charge is 2.15. The molecule has 0 aliphatic carbocycles. The quantitative estimate of drug-likeness (QED) is 0.562. The second kappa shape index (κ2) is 3.21. The van der Waals surface area contributed by atoms with Crippen LogP contribution in [0.2, 0.25) is 0 Å². The minimum atomic E-state index is 0.703. The van der Waals surface area contributed by atoms with Gasteiger partial charge in [0.15, 0.2) is 0 Å². The van der Waals surface area contributed by atoms with Crippen LogP contribution in [-0.4, -0.2) is 12.6 Å². The normalized spacial score (nSPS) is 36.7. The van der Waals surface area contributed by atoms with Gasteiger partial charge in [-0.05, 0) is 31.7 Å². The molecule has 0 aromatic carbocycles. The Morgan fingerprint density at radius 3 is 2.89 bits per heavy atom. The summed E-state index contributed by atoms with van der Waals surface area (Å²) in [6.07, 6.45) is 3.71. The van der Waals surface area contributed by atoms with E-state index in [1.807, 2.05) is 0 Å². The van der Waals surface area contributed by atoms with Crippen molar-refractivity contribution in [3.63, 3.8) is 0 Å². The Balaban J connectivity index is 2.23. The molecule has 1 saturated heterocycles. The molecule has 0 unspecified atom stereocenters. The van der Waals surface area contributed by atoms with Gasteiger partial charge in [-0.3, -0.25) is 0 Å². The Morgan fingerprint density at radius 2 is 2.44 bits per heavy atom. The van der Waals surface area contributed by atoms with Crippen LogP contribution in [0.15, 0.2) is 0 Å². The average molecular weight is 126 g/mol. The molecule has 0 saturated carbocycles. The first-order chi connectivity index (χ1) is 4.33. The van der Waals surface area contributed by atoms with Gasteiger partial charge in [-0.25, -0.2) is 0 Å². The summed E-state index contributed by atoms with van der Waals surface area (Å²) in [6.45, 7) is 7.40. The summed E-state index contributed by atoms with van der Waals surface area (Å²) in [6, 6.07) is 0.703. The summed E-state index contributed by atoms with van der Waals surface area (Å²) in [5.74, 6) is 0.915. The SMILES string of the molecule is [CH2]C[C@@H]1C[C@H](C)CCN1. The van der Waals surface area contributed by atoms with Gasteiger partial charge in [0, 0.05) is 6.04 Å². The first-order valence-corrected chi connectivity index (χ1v) is 3.85. The first kappa shape index (κ1) is 7.07. The van der Waals surface area contributed by atoms with Crippen LogP contribution in [0.3, 0.4) is 0 Å². The summed E-state index contributed by atoms with van der Waals surface area (Å²) in [4.78, 5) is 0. The van der Waals surface area contributed by atoms with Gasteiger partial charge in [0.1, 0.15) is 0 Å². The number of rotatable bonds is 1. The highest BCUT2D eigenvalue weighted by atomic mass is 14.9. The third kappa shape index (κ3) is 1.98. The number of hydrogen-bond donors (Lipinski definition) is 1. The van der Waals surface area contributed by atoms with Crippen LogP contribution in [0.25, 0.3) is 0 Å². The fraction of sp³-hybridized carbons (Fsp3) is 0.875. The van der Waals surface area contributed by atoms with Gasteiger partial charge in [0.25, 0.3) is 0 Å². The van der Waals surface area contributed by atoms with Crippen molar-refractivity contribution in [2.24, 2.45) is 5.92 Å². The predicted octanol–water partition coefficient (Wildman–Crippen LogP) is 1.60. The fourth-order valence-corrected chi connectivity index (χ4v) is 1.44. The summed E-state index contributed by atoms with van der Waals surface area (Å²) in [7, 11) is 0. The highest BCUT2D eigenvalue weighted by molar-refractivity contribution is 4.76. The van der Waals surface area contributed by atoms with Gasteiger partial charge >= 0.3 is 0 Å². The van der Waals surface area contributed by atoms with Crippen molar-refractivity contribution in [3.8, 4) is 0 Å². The zero-order valence-corrected chi connectivity index (χ0v) is 6.19. The minimum absolute atomic E-state index is 0.703. The number of hydrogen-bond acceptors (Lipinski definition) is 1. The molecule has 0 aromatic heterocycles. The van der Waals surface area contributed by atoms with Crippen LogP contribution in [-0.2, 0) is 0 Å². The summed E-state index contributed by atoms with van der Waals surface area (Å²) < 4.78 is 0. The van der Waals surface area contributed by atoms with Gasteiger partial charge < -0.3 is 5.32 Å². The maximum absolute atomic E-state index is 3.88. The Kier molecular flexibility index (Phi) is 2.52. The molecule has 0 bridgehead atoms.